The Labute approximate surface area is 142 Å². The first-order valence-corrected chi connectivity index (χ1v) is 8.83. The number of rotatable bonds is 12. The maximum Gasteiger partial charge on any atom is 0.243 e. The number of unbranched alkanes of at least 4 members (excludes halogenated alkanes) is 2. The molecule has 6 nitrogen and oxygen atoms in total. The molecule has 1 atom stereocenters. The highest BCUT2D eigenvalue weighted by atomic mass is 16.5. The maximum atomic E-state index is 11.7. The Hall–Kier alpha value is -1.30. The average Bonchev–Trinajstić information content (AvgIpc) is 2.51. The van der Waals surface area contributed by atoms with Crippen LogP contribution in [0, 0.1) is 0 Å². The van der Waals surface area contributed by atoms with Crippen molar-refractivity contribution >= 4 is 11.9 Å². The molecule has 0 aromatic heterocycles. The van der Waals surface area contributed by atoms with E-state index in [0.29, 0.717) is 12.0 Å². The predicted molar refractivity (Wildman–Crippen MR) is 96.8 cm³/mol. The number of hydrogen-bond acceptors (Lipinski definition) is 3. The minimum atomic E-state index is -0.000877. The third kappa shape index (κ3) is 12.9. The topological polar surface area (TPSA) is 66.0 Å². The smallest absolute Gasteiger partial charge is 0.243 e. The van der Waals surface area contributed by atoms with Gasteiger partial charge < -0.3 is 20.3 Å². The number of likely N-dealkylation sites (N-methyl/N-ethyl adjacent to an activating group) is 1. The SMILES string of the molecule is CCCCCC(C)NC(=NCC(=O)N(C)C)NCCCOCC. The van der Waals surface area contributed by atoms with Gasteiger partial charge in [0.1, 0.15) is 6.54 Å². The first kappa shape index (κ1) is 21.7. The molecule has 136 valence electrons. The molecule has 0 spiro atoms. The lowest BCUT2D eigenvalue weighted by Gasteiger charge is -2.18. The lowest BCUT2D eigenvalue weighted by Crippen LogP contribution is -2.43. The Morgan fingerprint density at radius 1 is 1.22 bits per heavy atom. The highest BCUT2D eigenvalue weighted by Gasteiger charge is 2.07. The summed E-state index contributed by atoms with van der Waals surface area (Å²) >= 11 is 0. The molecule has 0 saturated carbocycles. The fourth-order valence-electron chi connectivity index (χ4n) is 1.97. The Balaban J connectivity index is 4.35. The van der Waals surface area contributed by atoms with Crippen LogP contribution in [0.1, 0.15) is 52.9 Å². The van der Waals surface area contributed by atoms with E-state index >= 15 is 0 Å². The van der Waals surface area contributed by atoms with E-state index in [1.165, 1.54) is 19.3 Å². The lowest BCUT2D eigenvalue weighted by atomic mass is 10.1. The van der Waals surface area contributed by atoms with Crippen LogP contribution < -0.4 is 10.6 Å². The Kier molecular flexibility index (Phi) is 13.5. The minimum absolute atomic E-state index is 0.000877. The number of aliphatic imine (C=N–C) groups is 1. The summed E-state index contributed by atoms with van der Waals surface area (Å²) in [5, 5.41) is 6.67. The van der Waals surface area contributed by atoms with Crippen molar-refractivity contribution in [2.45, 2.75) is 58.9 Å². The summed E-state index contributed by atoms with van der Waals surface area (Å²) in [6.45, 7) is 8.77. The fraction of sp³-hybridized carbons (Fsp3) is 0.882. The number of amides is 1. The second-order valence-corrected chi connectivity index (χ2v) is 5.97. The summed E-state index contributed by atoms with van der Waals surface area (Å²) in [5.41, 5.74) is 0. The van der Waals surface area contributed by atoms with Crippen molar-refractivity contribution in [2.75, 3.05) is 40.4 Å². The van der Waals surface area contributed by atoms with Crippen LogP contribution in [0.25, 0.3) is 0 Å². The molecule has 0 rings (SSSR count). The zero-order chi connectivity index (χ0) is 17.5. The van der Waals surface area contributed by atoms with E-state index in [4.69, 9.17) is 4.74 Å². The van der Waals surface area contributed by atoms with Gasteiger partial charge in [0, 0.05) is 39.9 Å². The van der Waals surface area contributed by atoms with Crippen molar-refractivity contribution in [2.24, 2.45) is 4.99 Å². The summed E-state index contributed by atoms with van der Waals surface area (Å²) in [4.78, 5) is 17.7. The number of carbonyl (C=O) groups excluding carboxylic acids is 1. The van der Waals surface area contributed by atoms with Gasteiger partial charge in [-0.05, 0) is 26.7 Å². The Bertz CT molecular complexity index is 333. The van der Waals surface area contributed by atoms with E-state index in [9.17, 15) is 4.79 Å². The van der Waals surface area contributed by atoms with Crippen LogP contribution in [0.3, 0.4) is 0 Å². The van der Waals surface area contributed by atoms with Gasteiger partial charge >= 0.3 is 0 Å². The molecule has 6 heteroatoms. The van der Waals surface area contributed by atoms with E-state index in [1.54, 1.807) is 19.0 Å². The summed E-state index contributed by atoms with van der Waals surface area (Å²) in [5.74, 6) is 0.708. The van der Waals surface area contributed by atoms with Crippen molar-refractivity contribution in [3.8, 4) is 0 Å². The van der Waals surface area contributed by atoms with Gasteiger partial charge in [-0.25, -0.2) is 4.99 Å². The second-order valence-electron chi connectivity index (χ2n) is 5.97. The summed E-state index contributed by atoms with van der Waals surface area (Å²) < 4.78 is 5.33. The summed E-state index contributed by atoms with van der Waals surface area (Å²) in [6.07, 6.45) is 5.70. The van der Waals surface area contributed by atoms with E-state index in [-0.39, 0.29) is 12.5 Å². The van der Waals surface area contributed by atoms with Crippen LogP contribution in [0.5, 0.6) is 0 Å². The molecule has 2 N–H and O–H groups in total. The van der Waals surface area contributed by atoms with Gasteiger partial charge in [-0.15, -0.1) is 0 Å². The van der Waals surface area contributed by atoms with E-state index in [1.807, 2.05) is 6.92 Å². The standard InChI is InChI=1S/C17H36N4O2/c1-6-8-9-11-15(3)20-17(18-12-10-13-23-7-2)19-14-16(22)21(4)5/h15H,6-14H2,1-5H3,(H2,18,19,20). The number of nitrogens with zero attached hydrogens (tertiary/aromatic N) is 2. The fourth-order valence-corrected chi connectivity index (χ4v) is 1.97. The average molecular weight is 329 g/mol. The Morgan fingerprint density at radius 3 is 2.57 bits per heavy atom. The van der Waals surface area contributed by atoms with Crippen molar-refractivity contribution in [3.63, 3.8) is 0 Å². The van der Waals surface area contributed by atoms with Crippen molar-refractivity contribution in [3.05, 3.63) is 0 Å². The van der Waals surface area contributed by atoms with E-state index in [0.717, 1.165) is 32.6 Å². The Morgan fingerprint density at radius 2 is 1.96 bits per heavy atom. The molecule has 0 saturated heterocycles. The molecule has 0 bridgehead atoms. The molecule has 23 heavy (non-hydrogen) atoms. The number of nitrogens with one attached hydrogen (secondary N) is 2. The molecule has 0 aromatic rings. The molecular weight excluding hydrogens is 292 g/mol. The van der Waals surface area contributed by atoms with Crippen LogP contribution in [-0.2, 0) is 9.53 Å². The molecule has 1 amide bonds. The molecule has 0 aromatic carbocycles. The molecule has 0 aliphatic rings. The van der Waals surface area contributed by atoms with Gasteiger partial charge in [-0.1, -0.05) is 26.2 Å². The van der Waals surface area contributed by atoms with Gasteiger partial charge in [0.25, 0.3) is 0 Å². The number of guanidine groups is 1. The first-order chi connectivity index (χ1) is 11.0. The zero-order valence-corrected chi connectivity index (χ0v) is 15.7. The predicted octanol–water partition coefficient (Wildman–Crippen LogP) is 2.01. The minimum Gasteiger partial charge on any atom is -0.382 e. The van der Waals surface area contributed by atoms with Crippen LogP contribution in [0.4, 0.5) is 0 Å². The molecule has 0 aliphatic carbocycles. The van der Waals surface area contributed by atoms with Gasteiger partial charge in [0.2, 0.25) is 5.91 Å². The molecule has 0 fully saturated rings. The van der Waals surface area contributed by atoms with Crippen molar-refractivity contribution in [1.82, 2.24) is 15.5 Å². The summed E-state index contributed by atoms with van der Waals surface area (Å²) in [6, 6.07) is 0.342. The zero-order valence-electron chi connectivity index (χ0n) is 15.7. The van der Waals surface area contributed by atoms with Crippen LogP contribution in [0.2, 0.25) is 0 Å². The van der Waals surface area contributed by atoms with Crippen molar-refractivity contribution < 1.29 is 9.53 Å². The van der Waals surface area contributed by atoms with Gasteiger partial charge in [0.05, 0.1) is 0 Å². The highest BCUT2D eigenvalue weighted by molar-refractivity contribution is 5.84. The molecular formula is C17H36N4O2. The van der Waals surface area contributed by atoms with Crippen LogP contribution in [-0.4, -0.2) is 63.2 Å². The van der Waals surface area contributed by atoms with Crippen LogP contribution >= 0.6 is 0 Å². The van der Waals surface area contributed by atoms with Gasteiger partial charge in [-0.2, -0.15) is 0 Å². The number of ether oxygens (including phenoxy) is 1. The van der Waals surface area contributed by atoms with E-state index < -0.39 is 0 Å². The molecule has 0 aliphatic heterocycles. The molecule has 1 unspecified atom stereocenters. The second kappa shape index (κ2) is 14.3. The summed E-state index contributed by atoms with van der Waals surface area (Å²) in [7, 11) is 3.49. The molecule has 0 radical (unpaired) electrons. The van der Waals surface area contributed by atoms with Crippen molar-refractivity contribution in [1.29, 1.82) is 0 Å². The normalized spacial score (nSPS) is 12.8. The molecule has 0 heterocycles. The largest absolute Gasteiger partial charge is 0.382 e. The highest BCUT2D eigenvalue weighted by Crippen LogP contribution is 2.02. The number of hydrogen-bond donors (Lipinski definition) is 2. The van der Waals surface area contributed by atoms with Gasteiger partial charge in [-0.3, -0.25) is 4.79 Å². The first-order valence-electron chi connectivity index (χ1n) is 8.83. The third-order valence-corrected chi connectivity index (χ3v) is 3.46. The number of carbonyl (C=O) groups is 1. The third-order valence-electron chi connectivity index (χ3n) is 3.46. The van der Waals surface area contributed by atoms with E-state index in [2.05, 4.69) is 29.5 Å². The van der Waals surface area contributed by atoms with Gasteiger partial charge in [0.15, 0.2) is 5.96 Å². The van der Waals surface area contributed by atoms with Crippen LogP contribution in [0.15, 0.2) is 4.99 Å². The monoisotopic (exact) mass is 328 g/mol. The quantitative estimate of drug-likeness (QED) is 0.327. The lowest BCUT2D eigenvalue weighted by molar-refractivity contribution is -0.127. The maximum absolute atomic E-state index is 11.7.